The van der Waals surface area contributed by atoms with E-state index in [0.29, 0.717) is 36.4 Å². The molecule has 0 unspecified atom stereocenters. The second-order valence-electron chi connectivity index (χ2n) is 11.1. The summed E-state index contributed by atoms with van der Waals surface area (Å²) in [7, 11) is 0. The summed E-state index contributed by atoms with van der Waals surface area (Å²) in [5, 5.41) is 10.5. The Morgan fingerprint density at radius 2 is 1.67 bits per heavy atom. The van der Waals surface area contributed by atoms with Crippen molar-refractivity contribution in [1.29, 1.82) is 0 Å². The summed E-state index contributed by atoms with van der Waals surface area (Å²) in [6, 6.07) is 17.3. The Labute approximate surface area is 228 Å². The zero-order chi connectivity index (χ0) is 26.8. The smallest absolute Gasteiger partial charge is 0.250 e. The van der Waals surface area contributed by atoms with Crippen molar-refractivity contribution < 1.29 is 9.52 Å². The number of hydrogen-bond donors (Lipinski definition) is 1. The summed E-state index contributed by atoms with van der Waals surface area (Å²) >= 11 is 0. The molecule has 2 saturated heterocycles. The first-order chi connectivity index (χ1) is 19.0. The van der Waals surface area contributed by atoms with Gasteiger partial charge >= 0.3 is 0 Å². The maximum absolute atomic E-state index is 12.6. The van der Waals surface area contributed by atoms with Crippen molar-refractivity contribution in [2.45, 2.75) is 32.0 Å². The highest BCUT2D eigenvalue weighted by atomic mass is 16.4. The van der Waals surface area contributed by atoms with Crippen LogP contribution in [-0.4, -0.2) is 70.2 Å². The number of fused-ring (bicyclic) bond motifs is 4. The molecular formula is C31H36N4O4. The minimum atomic E-state index is -0.384. The molecule has 2 bridgehead atoms. The van der Waals surface area contributed by atoms with E-state index in [1.165, 1.54) is 11.6 Å². The van der Waals surface area contributed by atoms with Gasteiger partial charge in [0.25, 0.3) is 5.56 Å². The Kier molecular flexibility index (Phi) is 7.50. The predicted octanol–water partition coefficient (Wildman–Crippen LogP) is 2.96. The third-order valence-electron chi connectivity index (χ3n) is 8.28. The van der Waals surface area contributed by atoms with Crippen LogP contribution in [0.2, 0.25) is 0 Å². The van der Waals surface area contributed by atoms with E-state index in [2.05, 4.69) is 45.1 Å². The van der Waals surface area contributed by atoms with Crippen LogP contribution in [0.1, 0.15) is 35.1 Å². The van der Waals surface area contributed by atoms with E-state index < -0.39 is 0 Å². The minimum absolute atomic E-state index is 0.0781. The number of piperazine rings is 1. The summed E-state index contributed by atoms with van der Waals surface area (Å²) < 4.78 is 8.06. The molecule has 0 aliphatic carbocycles. The van der Waals surface area contributed by atoms with E-state index >= 15 is 0 Å². The van der Waals surface area contributed by atoms with Gasteiger partial charge in [0.2, 0.25) is 11.2 Å². The molecule has 2 atom stereocenters. The van der Waals surface area contributed by atoms with Crippen molar-refractivity contribution >= 4 is 6.08 Å². The van der Waals surface area contributed by atoms with E-state index in [-0.39, 0.29) is 16.7 Å². The second kappa shape index (κ2) is 11.3. The third kappa shape index (κ3) is 5.93. The van der Waals surface area contributed by atoms with Gasteiger partial charge in [-0.15, -0.1) is 0 Å². The second-order valence-corrected chi connectivity index (χ2v) is 11.1. The average molecular weight is 529 g/mol. The fraction of sp³-hybridized carbons (Fsp3) is 0.419. The van der Waals surface area contributed by atoms with Crippen molar-refractivity contribution in [1.82, 2.24) is 19.3 Å². The fourth-order valence-electron chi connectivity index (χ4n) is 6.35. The number of hydrogen-bond acceptors (Lipinski definition) is 7. The van der Waals surface area contributed by atoms with Crippen molar-refractivity contribution in [2.75, 3.05) is 45.8 Å². The fourth-order valence-corrected chi connectivity index (χ4v) is 6.35. The van der Waals surface area contributed by atoms with Gasteiger partial charge in [-0.05, 0) is 24.0 Å². The number of piperidine rings is 1. The largest absolute Gasteiger partial charge is 0.502 e. The Hall–Kier alpha value is -3.46. The molecule has 0 amide bonds. The standard InChI is InChI=1S/C31H36N4O4/c36-28-17-26(21-34-18-24-16-25(20-34)27-9-4-10-30(37)35(27)19-24)39-29(31(28)38)22-33-14-12-32(13-15-33)11-5-8-23-6-2-1-3-7-23/h1-10,17,24-25,38H,11-16,18-22H2/b8-5+/t24-,25-/m0/s1. The van der Waals surface area contributed by atoms with E-state index in [1.807, 2.05) is 28.8 Å². The first-order valence-corrected chi connectivity index (χ1v) is 13.9. The molecule has 1 aromatic carbocycles. The Balaban J connectivity index is 1.06. The van der Waals surface area contributed by atoms with Gasteiger partial charge in [0.05, 0.1) is 13.1 Å². The lowest BCUT2D eigenvalue weighted by atomic mass is 9.83. The molecular weight excluding hydrogens is 492 g/mol. The van der Waals surface area contributed by atoms with Gasteiger partial charge in [-0.25, -0.2) is 0 Å². The highest BCUT2D eigenvalue weighted by Gasteiger charge is 2.34. The lowest BCUT2D eigenvalue weighted by Gasteiger charge is -2.42. The zero-order valence-corrected chi connectivity index (χ0v) is 22.2. The van der Waals surface area contributed by atoms with Crippen molar-refractivity contribution in [3.8, 4) is 5.75 Å². The topological polar surface area (TPSA) is 82.2 Å². The van der Waals surface area contributed by atoms with Gasteiger partial charge in [0.15, 0.2) is 5.76 Å². The molecule has 39 heavy (non-hydrogen) atoms. The SMILES string of the molecule is O=c1cc(CN2C[C@@H]3C[C@@H](C2)c2cccc(=O)n2C3)oc(CN2CCN(C/C=C/c3ccccc3)CC2)c1O. The first-order valence-electron chi connectivity index (χ1n) is 13.9. The highest BCUT2D eigenvalue weighted by molar-refractivity contribution is 5.48. The van der Waals surface area contributed by atoms with Crippen molar-refractivity contribution in [2.24, 2.45) is 5.92 Å². The number of nitrogens with zero attached hydrogens (tertiary/aromatic N) is 4. The van der Waals surface area contributed by atoms with Crippen molar-refractivity contribution in [3.05, 3.63) is 104 Å². The molecule has 2 aromatic heterocycles. The summed E-state index contributed by atoms with van der Waals surface area (Å²) in [4.78, 5) is 31.9. The van der Waals surface area contributed by atoms with Crippen LogP contribution in [0.3, 0.4) is 0 Å². The minimum Gasteiger partial charge on any atom is -0.502 e. The van der Waals surface area contributed by atoms with Crippen LogP contribution >= 0.6 is 0 Å². The van der Waals surface area contributed by atoms with Gasteiger partial charge in [-0.3, -0.25) is 24.3 Å². The molecule has 2 fully saturated rings. The molecule has 3 aromatic rings. The number of aromatic hydroxyl groups is 1. The van der Waals surface area contributed by atoms with E-state index in [0.717, 1.165) is 64.5 Å². The summed E-state index contributed by atoms with van der Waals surface area (Å²) in [5.74, 6) is 1.36. The Bertz CT molecular complexity index is 1440. The number of benzene rings is 1. The lowest BCUT2D eigenvalue weighted by Crippen LogP contribution is -2.46. The molecule has 0 saturated carbocycles. The summed E-state index contributed by atoms with van der Waals surface area (Å²) in [6.45, 7) is 7.80. The molecule has 8 nitrogen and oxygen atoms in total. The normalized spacial score (nSPS) is 22.3. The molecule has 3 aliphatic rings. The van der Waals surface area contributed by atoms with Crippen LogP contribution in [0.5, 0.6) is 5.75 Å². The molecule has 3 aliphatic heterocycles. The molecule has 8 heteroatoms. The van der Waals surface area contributed by atoms with Crippen LogP contribution < -0.4 is 11.0 Å². The maximum Gasteiger partial charge on any atom is 0.250 e. The average Bonchev–Trinajstić information content (AvgIpc) is 2.94. The first kappa shape index (κ1) is 25.8. The van der Waals surface area contributed by atoms with Crippen LogP contribution in [0.15, 0.2) is 74.7 Å². The number of rotatable bonds is 7. The molecule has 6 rings (SSSR count). The van der Waals surface area contributed by atoms with Gasteiger partial charge in [0.1, 0.15) is 5.76 Å². The van der Waals surface area contributed by atoms with Crippen LogP contribution in [0.25, 0.3) is 6.08 Å². The Morgan fingerprint density at radius 3 is 2.49 bits per heavy atom. The number of pyridine rings is 1. The number of aromatic nitrogens is 1. The molecule has 1 N–H and O–H groups in total. The van der Waals surface area contributed by atoms with Gasteiger partial charge in [-0.2, -0.15) is 0 Å². The van der Waals surface area contributed by atoms with Gasteiger partial charge < -0.3 is 14.1 Å². The number of likely N-dealkylation sites (tertiary alicyclic amines) is 1. The van der Waals surface area contributed by atoms with Crippen molar-refractivity contribution in [3.63, 3.8) is 0 Å². The quantitative estimate of drug-likeness (QED) is 0.505. The monoisotopic (exact) mass is 528 g/mol. The van der Waals surface area contributed by atoms with Gasteiger partial charge in [-0.1, -0.05) is 48.6 Å². The van der Waals surface area contributed by atoms with Crippen LogP contribution in [-0.2, 0) is 19.6 Å². The predicted molar refractivity (Wildman–Crippen MR) is 151 cm³/mol. The zero-order valence-electron chi connectivity index (χ0n) is 22.2. The molecule has 5 heterocycles. The van der Waals surface area contributed by atoms with Gasteiger partial charge in [0, 0.05) is 76.1 Å². The summed E-state index contributed by atoms with van der Waals surface area (Å²) in [6.07, 6.45) is 5.43. The van der Waals surface area contributed by atoms with Crippen LogP contribution in [0, 0.1) is 5.92 Å². The third-order valence-corrected chi connectivity index (χ3v) is 8.28. The Morgan fingerprint density at radius 1 is 0.872 bits per heavy atom. The van der Waals surface area contributed by atoms with E-state index in [9.17, 15) is 14.7 Å². The molecule has 0 radical (unpaired) electrons. The maximum atomic E-state index is 12.6. The van der Waals surface area contributed by atoms with E-state index in [1.54, 1.807) is 6.07 Å². The molecule has 0 spiro atoms. The van der Waals surface area contributed by atoms with E-state index in [4.69, 9.17) is 4.42 Å². The summed E-state index contributed by atoms with van der Waals surface area (Å²) in [5.41, 5.74) is 2.00. The molecule has 204 valence electrons. The lowest BCUT2D eigenvalue weighted by molar-refractivity contribution is 0.103. The highest BCUT2D eigenvalue weighted by Crippen LogP contribution is 2.35. The van der Waals surface area contributed by atoms with Crippen LogP contribution in [0.4, 0.5) is 0 Å².